The molecule has 0 rings (SSSR count). The minimum atomic E-state index is -0.180. The number of hydrogen-bond donors (Lipinski definition) is 1. The highest BCUT2D eigenvalue weighted by atomic mass is 16.5. The van der Waals surface area contributed by atoms with Crippen LogP contribution < -0.4 is 5.73 Å². The molecule has 3 nitrogen and oxygen atoms in total. The highest BCUT2D eigenvalue weighted by Crippen LogP contribution is 2.14. The van der Waals surface area contributed by atoms with E-state index in [1.807, 2.05) is 0 Å². The van der Waals surface area contributed by atoms with E-state index in [-0.39, 0.29) is 18.5 Å². The number of nitrogens with two attached hydrogens (primary N) is 1. The van der Waals surface area contributed by atoms with E-state index in [1.165, 1.54) is 0 Å². The third-order valence-corrected chi connectivity index (χ3v) is 1.96. The fourth-order valence-electron chi connectivity index (χ4n) is 1.38. The Labute approximate surface area is 86.3 Å². The van der Waals surface area contributed by atoms with Gasteiger partial charge < -0.3 is 10.5 Å². The largest absolute Gasteiger partial charge is 0.461 e. The molecule has 0 bridgehead atoms. The Hall–Kier alpha value is -0.830. The van der Waals surface area contributed by atoms with Crippen molar-refractivity contribution in [3.63, 3.8) is 0 Å². The zero-order valence-corrected chi connectivity index (χ0v) is 9.16. The van der Waals surface area contributed by atoms with Crippen molar-refractivity contribution in [2.45, 2.75) is 26.7 Å². The van der Waals surface area contributed by atoms with E-state index in [2.05, 4.69) is 20.4 Å². The van der Waals surface area contributed by atoms with Crippen molar-refractivity contribution < 1.29 is 9.53 Å². The maximum Gasteiger partial charge on any atom is 0.306 e. The summed E-state index contributed by atoms with van der Waals surface area (Å²) < 4.78 is 4.89. The fourth-order valence-corrected chi connectivity index (χ4v) is 1.38. The Balaban J connectivity index is 3.79. The van der Waals surface area contributed by atoms with E-state index >= 15 is 0 Å². The molecule has 0 aliphatic heterocycles. The predicted octanol–water partition coefficient (Wildman–Crippen LogP) is 1.73. The Morgan fingerprint density at radius 2 is 2.21 bits per heavy atom. The van der Waals surface area contributed by atoms with Crippen molar-refractivity contribution in [2.24, 2.45) is 17.6 Å². The molecular formula is C11H21NO2. The number of carbonyl (C=O) groups is 1. The summed E-state index contributed by atoms with van der Waals surface area (Å²) in [6.07, 6.45) is 2.96. The van der Waals surface area contributed by atoms with Crippen LogP contribution in [0, 0.1) is 11.8 Å². The van der Waals surface area contributed by atoms with Gasteiger partial charge in [-0.05, 0) is 24.8 Å². The van der Waals surface area contributed by atoms with Crippen LogP contribution >= 0.6 is 0 Å². The molecule has 0 saturated heterocycles. The molecule has 0 aromatic carbocycles. The molecule has 0 amide bonds. The van der Waals surface area contributed by atoms with Gasteiger partial charge in [0.15, 0.2) is 0 Å². The molecule has 0 aliphatic carbocycles. The first-order valence-electron chi connectivity index (χ1n) is 5.06. The van der Waals surface area contributed by atoms with Crippen molar-refractivity contribution in [3.8, 4) is 0 Å². The maximum absolute atomic E-state index is 11.2. The molecule has 82 valence electrons. The van der Waals surface area contributed by atoms with Gasteiger partial charge in [0, 0.05) is 6.42 Å². The lowest BCUT2D eigenvalue weighted by Gasteiger charge is -2.15. The van der Waals surface area contributed by atoms with Crippen molar-refractivity contribution in [3.05, 3.63) is 12.7 Å². The van der Waals surface area contributed by atoms with Gasteiger partial charge in [-0.3, -0.25) is 4.79 Å². The van der Waals surface area contributed by atoms with Crippen molar-refractivity contribution in [2.75, 3.05) is 13.2 Å². The molecule has 14 heavy (non-hydrogen) atoms. The molecule has 0 saturated carbocycles. The predicted molar refractivity (Wildman–Crippen MR) is 57.8 cm³/mol. The number of hydrogen-bond acceptors (Lipinski definition) is 3. The summed E-state index contributed by atoms with van der Waals surface area (Å²) in [5, 5.41) is 0. The zero-order chi connectivity index (χ0) is 11.0. The number of rotatable bonds is 7. The van der Waals surface area contributed by atoms with Crippen LogP contribution in [0.2, 0.25) is 0 Å². The van der Waals surface area contributed by atoms with Crippen molar-refractivity contribution >= 4 is 5.97 Å². The van der Waals surface area contributed by atoms with Gasteiger partial charge in [0.25, 0.3) is 0 Å². The van der Waals surface area contributed by atoms with E-state index in [4.69, 9.17) is 10.5 Å². The molecule has 0 radical (unpaired) electrons. The maximum atomic E-state index is 11.2. The average molecular weight is 199 g/mol. The van der Waals surface area contributed by atoms with Gasteiger partial charge >= 0.3 is 5.97 Å². The minimum Gasteiger partial charge on any atom is -0.461 e. The zero-order valence-electron chi connectivity index (χ0n) is 9.16. The van der Waals surface area contributed by atoms with Crippen LogP contribution in [0.15, 0.2) is 12.7 Å². The van der Waals surface area contributed by atoms with Crippen LogP contribution in [-0.2, 0) is 9.53 Å². The third-order valence-electron chi connectivity index (χ3n) is 1.96. The first kappa shape index (κ1) is 13.2. The minimum absolute atomic E-state index is 0.180. The monoisotopic (exact) mass is 199 g/mol. The Bertz CT molecular complexity index is 178. The van der Waals surface area contributed by atoms with Crippen LogP contribution in [0.4, 0.5) is 0 Å². The summed E-state index contributed by atoms with van der Waals surface area (Å²) in [7, 11) is 0. The lowest BCUT2D eigenvalue weighted by Crippen LogP contribution is -2.21. The first-order chi connectivity index (χ1) is 6.60. The number of ether oxygens (including phenoxy) is 1. The van der Waals surface area contributed by atoms with Gasteiger partial charge in [0.05, 0.1) is 0 Å². The molecule has 1 unspecified atom stereocenters. The average Bonchev–Trinajstić information content (AvgIpc) is 2.12. The Morgan fingerprint density at radius 1 is 1.57 bits per heavy atom. The van der Waals surface area contributed by atoms with Gasteiger partial charge in [-0.15, -0.1) is 0 Å². The second-order valence-electron chi connectivity index (χ2n) is 3.91. The van der Waals surface area contributed by atoms with E-state index in [0.717, 1.165) is 6.42 Å². The van der Waals surface area contributed by atoms with Crippen LogP contribution in [-0.4, -0.2) is 19.1 Å². The van der Waals surface area contributed by atoms with Crippen LogP contribution in [0.1, 0.15) is 26.7 Å². The normalized spacial score (nSPS) is 12.6. The van der Waals surface area contributed by atoms with Gasteiger partial charge in [0.2, 0.25) is 0 Å². The first-order valence-corrected chi connectivity index (χ1v) is 5.06. The molecule has 2 N–H and O–H groups in total. The molecular weight excluding hydrogens is 178 g/mol. The second-order valence-corrected chi connectivity index (χ2v) is 3.91. The van der Waals surface area contributed by atoms with Gasteiger partial charge in [-0.1, -0.05) is 26.5 Å². The van der Waals surface area contributed by atoms with Crippen molar-refractivity contribution in [1.29, 1.82) is 0 Å². The molecule has 0 aromatic heterocycles. The molecule has 0 fully saturated rings. The second kappa shape index (κ2) is 7.56. The van der Waals surface area contributed by atoms with Crippen LogP contribution in [0.5, 0.6) is 0 Å². The third kappa shape index (κ3) is 6.66. The topological polar surface area (TPSA) is 52.3 Å². The molecule has 1 atom stereocenters. The van der Waals surface area contributed by atoms with Crippen LogP contribution in [0.3, 0.4) is 0 Å². The Morgan fingerprint density at radius 3 is 2.64 bits per heavy atom. The lowest BCUT2D eigenvalue weighted by atomic mass is 9.94. The lowest BCUT2D eigenvalue weighted by molar-refractivity contribution is -0.143. The summed E-state index contributed by atoms with van der Waals surface area (Å²) in [5.74, 6) is 0.629. The van der Waals surface area contributed by atoms with Gasteiger partial charge in [-0.2, -0.15) is 0 Å². The Kier molecular flexibility index (Phi) is 7.11. The van der Waals surface area contributed by atoms with Crippen LogP contribution in [0.25, 0.3) is 0 Å². The molecule has 0 aliphatic rings. The highest BCUT2D eigenvalue weighted by Gasteiger charge is 2.14. The standard InChI is InChI=1S/C11H21NO2/c1-4-5-14-11(13)7-10(8-12)6-9(2)3/h4,9-10H,1,5-8,12H2,2-3H3. The van der Waals surface area contributed by atoms with E-state index in [9.17, 15) is 4.79 Å². The van der Waals surface area contributed by atoms with Gasteiger partial charge in [-0.25, -0.2) is 0 Å². The fraction of sp³-hybridized carbons (Fsp3) is 0.727. The molecule has 3 heteroatoms. The SMILES string of the molecule is C=CCOC(=O)CC(CN)CC(C)C. The van der Waals surface area contributed by atoms with E-state index in [1.54, 1.807) is 6.08 Å². The molecule has 0 aromatic rings. The quantitative estimate of drug-likeness (QED) is 0.502. The molecule has 0 heterocycles. The molecule has 0 spiro atoms. The highest BCUT2D eigenvalue weighted by molar-refractivity contribution is 5.69. The number of carbonyl (C=O) groups excluding carboxylic acids is 1. The summed E-state index contributed by atoms with van der Waals surface area (Å²) in [5.41, 5.74) is 5.57. The van der Waals surface area contributed by atoms with Gasteiger partial charge in [0.1, 0.15) is 6.61 Å². The van der Waals surface area contributed by atoms with E-state index in [0.29, 0.717) is 18.9 Å². The number of esters is 1. The summed E-state index contributed by atoms with van der Waals surface area (Å²) >= 11 is 0. The van der Waals surface area contributed by atoms with E-state index < -0.39 is 0 Å². The summed E-state index contributed by atoms with van der Waals surface area (Å²) in [4.78, 5) is 11.2. The smallest absolute Gasteiger partial charge is 0.306 e. The van der Waals surface area contributed by atoms with Crippen molar-refractivity contribution in [1.82, 2.24) is 0 Å². The summed E-state index contributed by atoms with van der Waals surface area (Å²) in [6.45, 7) is 8.56. The summed E-state index contributed by atoms with van der Waals surface area (Å²) in [6, 6.07) is 0.